The molecule has 1 aromatic rings. The molecule has 0 radical (unpaired) electrons. The number of benzene rings is 1. The number of amides is 1. The first-order valence-corrected chi connectivity index (χ1v) is 9.34. The second-order valence-corrected chi connectivity index (χ2v) is 7.33. The van der Waals surface area contributed by atoms with Gasteiger partial charge in [-0.25, -0.2) is 0 Å². The average Bonchev–Trinajstić information content (AvgIpc) is 3.10. The van der Waals surface area contributed by atoms with Gasteiger partial charge in [-0.2, -0.15) is 0 Å². The molecule has 2 atom stereocenters. The van der Waals surface area contributed by atoms with Crippen LogP contribution in [0.1, 0.15) is 56.9 Å². The van der Waals surface area contributed by atoms with Crippen molar-refractivity contribution in [1.29, 1.82) is 0 Å². The van der Waals surface area contributed by atoms with Crippen molar-refractivity contribution in [1.82, 2.24) is 4.90 Å². The van der Waals surface area contributed by atoms with Crippen LogP contribution in [-0.2, 0) is 11.2 Å². The van der Waals surface area contributed by atoms with Crippen LogP contribution in [0.4, 0.5) is 0 Å². The average molecular weight is 351 g/mol. The summed E-state index contributed by atoms with van der Waals surface area (Å²) in [6.45, 7) is 0.860. The fraction of sp³-hybridized carbons (Fsp3) is 0.650. The van der Waals surface area contributed by atoms with Gasteiger partial charge < -0.3 is 10.6 Å². The van der Waals surface area contributed by atoms with Gasteiger partial charge in [0.05, 0.1) is 0 Å². The van der Waals surface area contributed by atoms with Crippen molar-refractivity contribution in [3.63, 3.8) is 0 Å². The minimum atomic E-state index is 0. The van der Waals surface area contributed by atoms with Crippen molar-refractivity contribution in [3.05, 3.63) is 35.9 Å². The third-order valence-corrected chi connectivity index (χ3v) is 5.60. The lowest BCUT2D eigenvalue weighted by Crippen LogP contribution is -2.45. The van der Waals surface area contributed by atoms with E-state index in [1.807, 2.05) is 6.07 Å². The van der Waals surface area contributed by atoms with Crippen LogP contribution in [0, 0.1) is 5.92 Å². The third kappa shape index (κ3) is 4.97. The molecule has 0 saturated heterocycles. The van der Waals surface area contributed by atoms with Gasteiger partial charge in [-0.1, -0.05) is 49.6 Å². The standard InChI is InChI=1S/C20H30N2O.ClH/c21-18-10-6-9-17(15-18)20(23)22(19-11-4-5-12-19)14-13-16-7-2-1-3-8-16;/h1-3,7-8,17-19H,4-6,9-15,21H2;1H. The summed E-state index contributed by atoms with van der Waals surface area (Å²) < 4.78 is 0. The lowest BCUT2D eigenvalue weighted by molar-refractivity contribution is -0.139. The van der Waals surface area contributed by atoms with E-state index in [1.54, 1.807) is 0 Å². The summed E-state index contributed by atoms with van der Waals surface area (Å²) in [6, 6.07) is 11.2. The molecule has 1 amide bonds. The number of halogens is 1. The second kappa shape index (κ2) is 9.43. The summed E-state index contributed by atoms with van der Waals surface area (Å²) in [4.78, 5) is 15.3. The van der Waals surface area contributed by atoms with E-state index in [0.29, 0.717) is 11.9 Å². The molecule has 0 aliphatic heterocycles. The first kappa shape index (κ1) is 19.3. The topological polar surface area (TPSA) is 46.3 Å². The van der Waals surface area contributed by atoms with Crippen molar-refractivity contribution < 1.29 is 4.79 Å². The fourth-order valence-electron chi connectivity index (χ4n) is 4.27. The molecular formula is C20H31ClN2O. The van der Waals surface area contributed by atoms with E-state index in [1.165, 1.54) is 31.2 Å². The molecule has 0 aromatic heterocycles. The van der Waals surface area contributed by atoms with Crippen LogP contribution in [0.25, 0.3) is 0 Å². The molecule has 0 spiro atoms. The Hall–Kier alpha value is -1.06. The monoisotopic (exact) mass is 350 g/mol. The van der Waals surface area contributed by atoms with Gasteiger partial charge >= 0.3 is 0 Å². The molecule has 2 saturated carbocycles. The van der Waals surface area contributed by atoms with E-state index in [2.05, 4.69) is 29.2 Å². The van der Waals surface area contributed by atoms with E-state index in [0.717, 1.165) is 38.6 Å². The minimum Gasteiger partial charge on any atom is -0.339 e. The largest absolute Gasteiger partial charge is 0.339 e. The summed E-state index contributed by atoms with van der Waals surface area (Å²) in [5.74, 6) is 0.540. The quantitative estimate of drug-likeness (QED) is 0.874. The Balaban J connectivity index is 0.00000208. The molecule has 0 bridgehead atoms. The van der Waals surface area contributed by atoms with Crippen LogP contribution in [0.2, 0.25) is 0 Å². The lowest BCUT2D eigenvalue weighted by atomic mass is 9.85. The molecule has 3 rings (SSSR count). The maximum absolute atomic E-state index is 13.1. The molecule has 2 aliphatic rings. The second-order valence-electron chi connectivity index (χ2n) is 7.33. The van der Waals surface area contributed by atoms with Crippen LogP contribution in [0.15, 0.2) is 30.3 Å². The van der Waals surface area contributed by atoms with Gasteiger partial charge in [-0.3, -0.25) is 4.79 Å². The Kier molecular flexibility index (Phi) is 7.57. The predicted octanol–water partition coefficient (Wildman–Crippen LogP) is 3.94. The van der Waals surface area contributed by atoms with Gasteiger partial charge in [0, 0.05) is 24.5 Å². The molecule has 0 heterocycles. The summed E-state index contributed by atoms with van der Waals surface area (Å²) >= 11 is 0. The maximum Gasteiger partial charge on any atom is 0.225 e. The number of nitrogens with two attached hydrogens (primary N) is 1. The zero-order chi connectivity index (χ0) is 16.1. The first-order chi connectivity index (χ1) is 11.2. The van der Waals surface area contributed by atoms with Gasteiger partial charge in [0.25, 0.3) is 0 Å². The Morgan fingerprint density at radius 3 is 2.42 bits per heavy atom. The number of nitrogens with zero attached hydrogens (tertiary/aromatic N) is 1. The normalized spacial score (nSPS) is 24.4. The molecule has 2 fully saturated rings. The van der Waals surface area contributed by atoms with Gasteiger partial charge in [0.15, 0.2) is 0 Å². The molecule has 4 heteroatoms. The van der Waals surface area contributed by atoms with Crippen LogP contribution >= 0.6 is 12.4 Å². The van der Waals surface area contributed by atoms with Crippen LogP contribution in [0.5, 0.6) is 0 Å². The van der Waals surface area contributed by atoms with Crippen molar-refractivity contribution >= 4 is 18.3 Å². The Morgan fingerprint density at radius 2 is 1.75 bits per heavy atom. The highest BCUT2D eigenvalue weighted by Gasteiger charge is 2.33. The highest BCUT2D eigenvalue weighted by Crippen LogP contribution is 2.30. The molecule has 2 aliphatic carbocycles. The van der Waals surface area contributed by atoms with Crippen molar-refractivity contribution in [2.75, 3.05) is 6.54 Å². The predicted molar refractivity (Wildman–Crippen MR) is 101 cm³/mol. The van der Waals surface area contributed by atoms with Crippen LogP contribution in [-0.4, -0.2) is 29.4 Å². The number of carbonyl (C=O) groups is 1. The highest BCUT2D eigenvalue weighted by molar-refractivity contribution is 5.85. The summed E-state index contributed by atoms with van der Waals surface area (Å²) in [5.41, 5.74) is 7.43. The molecule has 24 heavy (non-hydrogen) atoms. The van der Waals surface area contributed by atoms with Gasteiger partial charge in [0.1, 0.15) is 0 Å². The molecule has 2 N–H and O–H groups in total. The smallest absolute Gasteiger partial charge is 0.225 e. The fourth-order valence-corrected chi connectivity index (χ4v) is 4.27. The first-order valence-electron chi connectivity index (χ1n) is 9.34. The summed E-state index contributed by atoms with van der Waals surface area (Å²) in [6.07, 6.45) is 9.95. The molecule has 2 unspecified atom stereocenters. The van der Waals surface area contributed by atoms with E-state index in [-0.39, 0.29) is 24.4 Å². The number of hydrogen-bond acceptors (Lipinski definition) is 2. The van der Waals surface area contributed by atoms with E-state index >= 15 is 0 Å². The van der Waals surface area contributed by atoms with Gasteiger partial charge in [-0.05, 0) is 44.1 Å². The highest BCUT2D eigenvalue weighted by atomic mass is 35.5. The number of rotatable bonds is 5. The third-order valence-electron chi connectivity index (χ3n) is 5.60. The summed E-state index contributed by atoms with van der Waals surface area (Å²) in [7, 11) is 0. The molecular weight excluding hydrogens is 320 g/mol. The van der Waals surface area contributed by atoms with Crippen LogP contribution < -0.4 is 5.73 Å². The number of hydrogen-bond donors (Lipinski definition) is 1. The Morgan fingerprint density at radius 1 is 1.04 bits per heavy atom. The van der Waals surface area contributed by atoms with Gasteiger partial charge in [0.2, 0.25) is 5.91 Å². The Labute approximate surface area is 152 Å². The molecule has 134 valence electrons. The lowest BCUT2D eigenvalue weighted by Gasteiger charge is -2.35. The van der Waals surface area contributed by atoms with E-state index in [4.69, 9.17) is 5.73 Å². The van der Waals surface area contributed by atoms with Crippen molar-refractivity contribution in [2.24, 2.45) is 11.7 Å². The minimum absolute atomic E-state index is 0. The van der Waals surface area contributed by atoms with E-state index < -0.39 is 0 Å². The zero-order valence-corrected chi connectivity index (χ0v) is 15.3. The van der Waals surface area contributed by atoms with E-state index in [9.17, 15) is 4.79 Å². The van der Waals surface area contributed by atoms with Crippen molar-refractivity contribution in [3.8, 4) is 0 Å². The zero-order valence-electron chi connectivity index (χ0n) is 14.5. The van der Waals surface area contributed by atoms with Gasteiger partial charge in [-0.15, -0.1) is 12.4 Å². The molecule has 3 nitrogen and oxygen atoms in total. The SMILES string of the molecule is Cl.NC1CCCC(C(=O)N(CCc2ccccc2)C2CCCC2)C1. The number of carbonyl (C=O) groups excluding carboxylic acids is 1. The summed E-state index contributed by atoms with van der Waals surface area (Å²) in [5, 5.41) is 0. The van der Waals surface area contributed by atoms with Crippen molar-refractivity contribution in [2.45, 2.75) is 69.9 Å². The Bertz CT molecular complexity index is 502. The van der Waals surface area contributed by atoms with Crippen LogP contribution in [0.3, 0.4) is 0 Å². The maximum atomic E-state index is 13.1. The molecule has 1 aromatic carbocycles.